The van der Waals surface area contributed by atoms with Crippen LogP contribution in [-0.4, -0.2) is 11.9 Å². The number of carbonyl (C=O) groups is 2. The van der Waals surface area contributed by atoms with Crippen molar-refractivity contribution in [2.24, 2.45) is 5.92 Å². The number of hydrogen-bond acceptors (Lipinski definition) is 4. The van der Waals surface area contributed by atoms with E-state index in [1.165, 1.54) is 0 Å². The van der Waals surface area contributed by atoms with Crippen molar-refractivity contribution in [1.29, 1.82) is 0 Å². The van der Waals surface area contributed by atoms with Gasteiger partial charge in [0.25, 0.3) is 0 Å². The summed E-state index contributed by atoms with van der Waals surface area (Å²) in [5.74, 6) is -1.24. The topological polar surface area (TPSA) is 52.6 Å². The fourth-order valence-electron chi connectivity index (χ4n) is 0.748. The van der Waals surface area contributed by atoms with Crippen LogP contribution in [0.4, 0.5) is 0 Å². The van der Waals surface area contributed by atoms with Crippen molar-refractivity contribution in [2.75, 3.05) is 0 Å². The molecule has 0 spiro atoms. The second-order valence-corrected chi connectivity index (χ2v) is 3.18. The maximum absolute atomic E-state index is 11.1. The average Bonchev–Trinajstić information content (AvgIpc) is 2.12. The molecule has 0 atom stereocenters. The molecule has 0 rings (SSSR count). The third-order valence-corrected chi connectivity index (χ3v) is 1.31. The number of hydrogen-bond donors (Lipinski definition) is 0. The SMILES string of the molecule is C=CC(=O)OOC(=O)C(=C)CC(C)C. The number of carbonyl (C=O) groups excluding carboxylic acids is 2. The summed E-state index contributed by atoms with van der Waals surface area (Å²) in [4.78, 5) is 29.9. The highest BCUT2D eigenvalue weighted by Gasteiger charge is 2.12. The van der Waals surface area contributed by atoms with E-state index in [0.29, 0.717) is 12.3 Å². The van der Waals surface area contributed by atoms with Crippen molar-refractivity contribution in [3.63, 3.8) is 0 Å². The highest BCUT2D eigenvalue weighted by Crippen LogP contribution is 2.10. The zero-order valence-electron chi connectivity index (χ0n) is 8.41. The van der Waals surface area contributed by atoms with Gasteiger partial charge in [0.15, 0.2) is 0 Å². The van der Waals surface area contributed by atoms with Crippen molar-refractivity contribution < 1.29 is 19.4 Å². The van der Waals surface area contributed by atoms with E-state index in [0.717, 1.165) is 6.08 Å². The Bertz CT molecular complexity index is 253. The molecule has 0 aliphatic rings. The van der Waals surface area contributed by atoms with Gasteiger partial charge < -0.3 is 0 Å². The molecule has 0 aliphatic carbocycles. The first-order valence-electron chi connectivity index (χ1n) is 4.20. The highest BCUT2D eigenvalue weighted by atomic mass is 17.2. The molecule has 0 N–H and O–H groups in total. The molecule has 14 heavy (non-hydrogen) atoms. The summed E-state index contributed by atoms with van der Waals surface area (Å²) < 4.78 is 0. The quantitative estimate of drug-likeness (QED) is 0.392. The fraction of sp³-hybridized carbons (Fsp3) is 0.400. The van der Waals surface area contributed by atoms with Crippen molar-refractivity contribution in [3.05, 3.63) is 24.8 Å². The molecule has 4 nitrogen and oxygen atoms in total. The minimum absolute atomic E-state index is 0.275. The van der Waals surface area contributed by atoms with E-state index < -0.39 is 11.9 Å². The van der Waals surface area contributed by atoms with Gasteiger partial charge in [0.1, 0.15) is 0 Å². The Morgan fingerprint density at radius 1 is 1.36 bits per heavy atom. The summed E-state index contributed by atoms with van der Waals surface area (Å²) in [6.45, 7) is 10.5. The van der Waals surface area contributed by atoms with Crippen LogP contribution < -0.4 is 0 Å². The van der Waals surface area contributed by atoms with Gasteiger partial charge >= 0.3 is 11.9 Å². The van der Waals surface area contributed by atoms with E-state index in [2.05, 4.69) is 22.9 Å². The van der Waals surface area contributed by atoms with Crippen LogP contribution in [0.2, 0.25) is 0 Å². The van der Waals surface area contributed by atoms with Crippen LogP contribution in [0.5, 0.6) is 0 Å². The monoisotopic (exact) mass is 198 g/mol. The third-order valence-electron chi connectivity index (χ3n) is 1.31. The van der Waals surface area contributed by atoms with E-state index in [9.17, 15) is 9.59 Å². The molecule has 4 heteroatoms. The van der Waals surface area contributed by atoms with Gasteiger partial charge in [-0.05, 0) is 12.3 Å². The van der Waals surface area contributed by atoms with Gasteiger partial charge in [-0.1, -0.05) is 27.0 Å². The van der Waals surface area contributed by atoms with Crippen LogP contribution in [0.3, 0.4) is 0 Å². The van der Waals surface area contributed by atoms with E-state index in [-0.39, 0.29) is 5.57 Å². The molecule has 0 saturated carbocycles. The van der Waals surface area contributed by atoms with Gasteiger partial charge in [-0.3, -0.25) is 0 Å². The minimum Gasteiger partial charge on any atom is -0.242 e. The molecule has 78 valence electrons. The minimum atomic E-state index is -0.810. The zero-order valence-corrected chi connectivity index (χ0v) is 8.41. The average molecular weight is 198 g/mol. The van der Waals surface area contributed by atoms with E-state index in [4.69, 9.17) is 0 Å². The Hall–Kier alpha value is -1.58. The van der Waals surface area contributed by atoms with Crippen LogP contribution in [0, 0.1) is 5.92 Å². The van der Waals surface area contributed by atoms with Crippen LogP contribution in [0.1, 0.15) is 20.3 Å². The Labute approximate surface area is 83.1 Å². The summed E-state index contributed by atoms with van der Waals surface area (Å²) >= 11 is 0. The lowest BCUT2D eigenvalue weighted by atomic mass is 10.1. The first kappa shape index (κ1) is 12.4. The van der Waals surface area contributed by atoms with Crippen molar-refractivity contribution in [3.8, 4) is 0 Å². The van der Waals surface area contributed by atoms with Gasteiger partial charge in [-0.15, -0.1) is 0 Å². The zero-order chi connectivity index (χ0) is 11.1. The number of rotatable bonds is 4. The largest absolute Gasteiger partial charge is 0.381 e. The first-order valence-corrected chi connectivity index (χ1v) is 4.20. The van der Waals surface area contributed by atoms with Crippen molar-refractivity contribution in [2.45, 2.75) is 20.3 Å². The first-order chi connectivity index (χ1) is 6.47. The third kappa shape index (κ3) is 5.13. The lowest BCUT2D eigenvalue weighted by molar-refractivity contribution is -0.251. The van der Waals surface area contributed by atoms with Crippen molar-refractivity contribution >= 4 is 11.9 Å². The van der Waals surface area contributed by atoms with Gasteiger partial charge in [0, 0.05) is 11.6 Å². The summed E-state index contributed by atoms with van der Waals surface area (Å²) in [6, 6.07) is 0. The summed E-state index contributed by atoms with van der Waals surface area (Å²) in [5, 5.41) is 0. The summed E-state index contributed by atoms with van der Waals surface area (Å²) in [6.07, 6.45) is 1.41. The predicted molar refractivity (Wildman–Crippen MR) is 51.0 cm³/mol. The Morgan fingerprint density at radius 3 is 2.36 bits per heavy atom. The second kappa shape index (κ2) is 5.96. The predicted octanol–water partition coefficient (Wildman–Crippen LogP) is 1.78. The molecule has 0 aromatic rings. The fourth-order valence-corrected chi connectivity index (χ4v) is 0.748. The van der Waals surface area contributed by atoms with Gasteiger partial charge in [-0.25, -0.2) is 19.4 Å². The molecule has 0 saturated heterocycles. The molecule has 0 aromatic carbocycles. The van der Waals surface area contributed by atoms with E-state index in [1.54, 1.807) is 0 Å². The molecule has 0 unspecified atom stereocenters. The maximum Gasteiger partial charge on any atom is 0.381 e. The molecule has 0 aliphatic heterocycles. The standard InChI is InChI=1S/C10H14O4/c1-5-9(11)13-14-10(12)8(4)6-7(2)3/h5,7H,1,4,6H2,2-3H3. The Kier molecular flexibility index (Phi) is 5.29. The molecule has 0 fully saturated rings. The molecular weight excluding hydrogens is 184 g/mol. The normalized spacial score (nSPS) is 9.36. The van der Waals surface area contributed by atoms with Gasteiger partial charge in [0.05, 0.1) is 0 Å². The van der Waals surface area contributed by atoms with Crippen molar-refractivity contribution in [1.82, 2.24) is 0 Å². The van der Waals surface area contributed by atoms with Crippen LogP contribution in [0.15, 0.2) is 24.8 Å². The Balaban J connectivity index is 3.90. The lowest BCUT2D eigenvalue weighted by Gasteiger charge is -2.05. The molecule has 0 radical (unpaired) electrons. The molecular formula is C10H14O4. The van der Waals surface area contributed by atoms with Crippen LogP contribution in [-0.2, 0) is 19.4 Å². The highest BCUT2D eigenvalue weighted by molar-refractivity contribution is 5.88. The molecule has 0 aromatic heterocycles. The molecule has 0 heterocycles. The second-order valence-electron chi connectivity index (χ2n) is 3.18. The van der Waals surface area contributed by atoms with Crippen LogP contribution >= 0.6 is 0 Å². The van der Waals surface area contributed by atoms with Crippen LogP contribution in [0.25, 0.3) is 0 Å². The lowest BCUT2D eigenvalue weighted by Crippen LogP contribution is -2.12. The van der Waals surface area contributed by atoms with E-state index >= 15 is 0 Å². The summed E-state index contributed by atoms with van der Waals surface area (Å²) in [5.41, 5.74) is 0.275. The Morgan fingerprint density at radius 2 is 1.93 bits per heavy atom. The smallest absolute Gasteiger partial charge is 0.242 e. The molecule has 0 bridgehead atoms. The van der Waals surface area contributed by atoms with Gasteiger partial charge in [-0.2, -0.15) is 0 Å². The van der Waals surface area contributed by atoms with Gasteiger partial charge in [0.2, 0.25) is 0 Å². The molecule has 0 amide bonds. The maximum atomic E-state index is 11.1. The van der Waals surface area contributed by atoms with E-state index in [1.807, 2.05) is 13.8 Å². The summed E-state index contributed by atoms with van der Waals surface area (Å²) in [7, 11) is 0.